The summed E-state index contributed by atoms with van der Waals surface area (Å²) in [4.78, 5) is 12.5. The van der Waals surface area contributed by atoms with Crippen molar-refractivity contribution in [3.05, 3.63) is 30.3 Å². The van der Waals surface area contributed by atoms with E-state index in [1.807, 2.05) is 6.07 Å². The number of benzene rings is 1. The second-order valence-electron chi connectivity index (χ2n) is 6.91. The predicted octanol–water partition coefficient (Wildman–Crippen LogP) is 2.95. The van der Waals surface area contributed by atoms with Gasteiger partial charge in [0.05, 0.1) is 0 Å². The van der Waals surface area contributed by atoms with E-state index in [1.54, 1.807) is 0 Å². The molecule has 1 aliphatic carbocycles. The average Bonchev–Trinajstić information content (AvgIpc) is 2.62. The normalized spacial score (nSPS) is 35.5. The molecule has 108 valence electrons. The Morgan fingerprint density at radius 1 is 1.15 bits per heavy atom. The monoisotopic (exact) mass is 338 g/mol. The third-order valence-electron chi connectivity index (χ3n) is 4.87. The third-order valence-corrected chi connectivity index (χ3v) is 7.52. The van der Waals surface area contributed by atoms with Crippen molar-refractivity contribution in [3.63, 3.8) is 0 Å². The van der Waals surface area contributed by atoms with Gasteiger partial charge >= 0.3 is 127 Å². The number of fused-ring (bicyclic) bond motifs is 1. The molecule has 3 heteroatoms. The Balaban J connectivity index is 1.91. The molecule has 2 nitrogen and oxygen atoms in total. The van der Waals surface area contributed by atoms with Crippen LogP contribution in [0.5, 0.6) is 0 Å². The minimum absolute atomic E-state index is 0.0383. The van der Waals surface area contributed by atoms with Gasteiger partial charge in [0, 0.05) is 0 Å². The van der Waals surface area contributed by atoms with Crippen LogP contribution < -0.4 is 4.46 Å². The molecule has 1 aliphatic heterocycles. The molecule has 0 N–H and O–H groups in total. The van der Waals surface area contributed by atoms with Gasteiger partial charge in [0.1, 0.15) is 0 Å². The molecule has 1 aromatic rings. The molecular weight excluding hydrogens is 315 g/mol. The van der Waals surface area contributed by atoms with Crippen LogP contribution in [0.2, 0.25) is 4.82 Å². The van der Waals surface area contributed by atoms with E-state index in [0.717, 1.165) is 6.42 Å². The van der Waals surface area contributed by atoms with Crippen molar-refractivity contribution in [2.75, 3.05) is 0 Å². The number of carbonyl (C=O) groups is 1. The summed E-state index contributed by atoms with van der Waals surface area (Å²) in [6.45, 7) is 6.77. The summed E-state index contributed by atoms with van der Waals surface area (Å²) >= 11 is 0.162. The molecule has 3 rings (SSSR count). The molecule has 3 atom stereocenters. The van der Waals surface area contributed by atoms with Crippen LogP contribution in [0.15, 0.2) is 30.3 Å². The van der Waals surface area contributed by atoms with Crippen LogP contribution in [0.3, 0.4) is 0 Å². The third kappa shape index (κ3) is 2.31. The number of carbonyl (C=O) groups excluding carboxylic acids is 1. The zero-order valence-corrected chi connectivity index (χ0v) is 14.1. The number of rotatable bonds is 2. The maximum absolute atomic E-state index is 12.4. The molecule has 1 unspecified atom stereocenters. The van der Waals surface area contributed by atoms with Crippen molar-refractivity contribution >= 4 is 25.4 Å². The van der Waals surface area contributed by atoms with E-state index in [9.17, 15) is 4.79 Å². The van der Waals surface area contributed by atoms with Gasteiger partial charge in [-0.1, -0.05) is 0 Å². The summed E-state index contributed by atoms with van der Waals surface area (Å²) in [6, 6.07) is 10.4. The van der Waals surface area contributed by atoms with Crippen molar-refractivity contribution in [2.24, 2.45) is 11.3 Å². The first-order chi connectivity index (χ1) is 9.42. The molecule has 0 bridgehead atoms. The second-order valence-corrected chi connectivity index (χ2v) is 9.45. The second kappa shape index (κ2) is 4.89. The molecule has 1 saturated carbocycles. The van der Waals surface area contributed by atoms with Crippen molar-refractivity contribution in [1.29, 1.82) is 0 Å². The van der Waals surface area contributed by atoms with E-state index in [-0.39, 0.29) is 36.8 Å². The molecule has 1 aromatic carbocycles. The molecule has 0 amide bonds. The van der Waals surface area contributed by atoms with Gasteiger partial charge in [-0.2, -0.15) is 0 Å². The molecule has 0 radical (unpaired) electrons. The number of hydrogen-bond acceptors (Lipinski definition) is 2. The molecule has 20 heavy (non-hydrogen) atoms. The van der Waals surface area contributed by atoms with Crippen molar-refractivity contribution in [3.8, 4) is 0 Å². The SMILES string of the molecule is CC1(C)CCC[C@]2(C)OC(=O)C([Se]c3ccccc3)[C@H]12. The van der Waals surface area contributed by atoms with Gasteiger partial charge < -0.3 is 0 Å². The van der Waals surface area contributed by atoms with Crippen LogP contribution in [-0.2, 0) is 9.53 Å². The standard InChI is InChI=1S/C17H22O2Se/c1-16(2)10-7-11-17(3)14(16)13(15(18)19-17)20-12-8-5-4-6-9-12/h4-6,8-9,13-14H,7,10-11H2,1-3H3/t13?,14-,17+/m1/s1. The first kappa shape index (κ1) is 14.2. The fourth-order valence-electron chi connectivity index (χ4n) is 4.06. The number of hydrogen-bond donors (Lipinski definition) is 0. The van der Waals surface area contributed by atoms with Crippen LogP contribution in [0, 0.1) is 11.3 Å². The first-order valence-electron chi connectivity index (χ1n) is 7.37. The summed E-state index contributed by atoms with van der Waals surface area (Å²) in [7, 11) is 0. The Kier molecular flexibility index (Phi) is 3.46. The quantitative estimate of drug-likeness (QED) is 0.613. The maximum atomic E-state index is 12.4. The minimum atomic E-state index is -0.236. The Bertz CT molecular complexity index is 511. The van der Waals surface area contributed by atoms with E-state index in [1.165, 1.54) is 17.3 Å². The fraction of sp³-hybridized carbons (Fsp3) is 0.588. The van der Waals surface area contributed by atoms with Gasteiger partial charge in [0.2, 0.25) is 0 Å². The van der Waals surface area contributed by atoms with Gasteiger partial charge in [0.15, 0.2) is 0 Å². The van der Waals surface area contributed by atoms with Gasteiger partial charge in [-0.25, -0.2) is 0 Å². The summed E-state index contributed by atoms with van der Waals surface area (Å²) in [5.74, 6) is 0.396. The Hall–Kier alpha value is -0.791. The van der Waals surface area contributed by atoms with Crippen LogP contribution in [0.25, 0.3) is 0 Å². The Labute approximate surface area is 127 Å². The zero-order valence-electron chi connectivity index (χ0n) is 12.4. The molecule has 0 aromatic heterocycles. The van der Waals surface area contributed by atoms with Crippen LogP contribution in [-0.4, -0.2) is 26.5 Å². The van der Waals surface area contributed by atoms with Crippen LogP contribution >= 0.6 is 0 Å². The Morgan fingerprint density at radius 3 is 2.55 bits per heavy atom. The molecule has 0 spiro atoms. The Morgan fingerprint density at radius 2 is 1.85 bits per heavy atom. The van der Waals surface area contributed by atoms with Crippen LogP contribution in [0.1, 0.15) is 40.0 Å². The molecule has 1 heterocycles. The summed E-state index contributed by atoms with van der Waals surface area (Å²) in [5.41, 5.74) is -0.0413. The molecule has 2 fully saturated rings. The van der Waals surface area contributed by atoms with E-state index in [4.69, 9.17) is 4.74 Å². The van der Waals surface area contributed by atoms with Gasteiger partial charge in [0.25, 0.3) is 0 Å². The topological polar surface area (TPSA) is 26.3 Å². The predicted molar refractivity (Wildman–Crippen MR) is 81.2 cm³/mol. The van der Waals surface area contributed by atoms with Gasteiger partial charge in [-0.3, -0.25) is 0 Å². The van der Waals surface area contributed by atoms with Crippen molar-refractivity contribution in [1.82, 2.24) is 0 Å². The van der Waals surface area contributed by atoms with Gasteiger partial charge in [-0.05, 0) is 0 Å². The number of ether oxygens (including phenoxy) is 1. The summed E-state index contributed by atoms with van der Waals surface area (Å²) in [5, 5.41) is 0. The fourth-order valence-corrected chi connectivity index (χ4v) is 7.30. The van der Waals surface area contributed by atoms with E-state index in [2.05, 4.69) is 45.0 Å². The summed E-state index contributed by atoms with van der Waals surface area (Å²) < 4.78 is 7.15. The molecule has 1 saturated heterocycles. The van der Waals surface area contributed by atoms with E-state index in [0.29, 0.717) is 5.92 Å². The van der Waals surface area contributed by atoms with Gasteiger partial charge in [-0.15, -0.1) is 0 Å². The average molecular weight is 337 g/mol. The van der Waals surface area contributed by atoms with Crippen molar-refractivity contribution < 1.29 is 9.53 Å². The number of esters is 1. The zero-order chi connectivity index (χ0) is 14.4. The van der Waals surface area contributed by atoms with Crippen LogP contribution in [0.4, 0.5) is 0 Å². The molecule has 2 aliphatic rings. The van der Waals surface area contributed by atoms with E-state index < -0.39 is 0 Å². The molecular formula is C17H22O2Se. The summed E-state index contributed by atoms with van der Waals surface area (Å²) in [6.07, 6.45) is 3.39. The van der Waals surface area contributed by atoms with Crippen molar-refractivity contribution in [2.45, 2.75) is 50.5 Å². The first-order valence-corrected chi connectivity index (χ1v) is 9.21. The van der Waals surface area contributed by atoms with E-state index >= 15 is 0 Å².